The molecule has 1 aromatic carbocycles. The number of nitrogens with one attached hydrogen (secondary N) is 1. The molecule has 1 N–H and O–H groups in total. The number of hydrogen-bond acceptors (Lipinski definition) is 4. The lowest BCUT2D eigenvalue weighted by molar-refractivity contribution is 0.0704. The van der Waals surface area contributed by atoms with Crippen LogP contribution in [0.5, 0.6) is 0 Å². The molecule has 2 fully saturated rings. The molecule has 0 spiro atoms. The summed E-state index contributed by atoms with van der Waals surface area (Å²) in [6, 6.07) is 6.40. The van der Waals surface area contributed by atoms with Crippen LogP contribution in [0.4, 0.5) is 0 Å². The van der Waals surface area contributed by atoms with Crippen molar-refractivity contribution in [2.45, 2.75) is 38.6 Å². The Morgan fingerprint density at radius 3 is 2.62 bits per heavy atom. The number of hydrogen-bond donors (Lipinski definition) is 1. The molecule has 2 heterocycles. The maximum Gasteiger partial charge on any atom is 0.254 e. The number of rotatable bonds is 5. The van der Waals surface area contributed by atoms with Gasteiger partial charge in [0.1, 0.15) is 12.7 Å². The van der Waals surface area contributed by atoms with Crippen LogP contribution in [0.15, 0.2) is 30.9 Å². The average Bonchev–Trinajstić information content (AvgIpc) is 3.30. The number of benzene rings is 1. The first-order valence-corrected chi connectivity index (χ1v) is 9.19. The summed E-state index contributed by atoms with van der Waals surface area (Å²) in [6.07, 6.45) is 8.04. The van der Waals surface area contributed by atoms with Crippen LogP contribution in [0.2, 0.25) is 0 Å². The van der Waals surface area contributed by atoms with Crippen LogP contribution in [-0.2, 0) is 0 Å². The average molecular weight is 376 g/mol. The molecule has 0 atom stereocenters. The van der Waals surface area contributed by atoms with Crippen molar-refractivity contribution in [3.05, 3.63) is 42.0 Å². The van der Waals surface area contributed by atoms with Crippen LogP contribution in [0.1, 0.15) is 41.6 Å². The van der Waals surface area contributed by atoms with E-state index in [1.807, 2.05) is 30.0 Å². The Morgan fingerprint density at radius 2 is 2.00 bits per heavy atom. The fourth-order valence-electron chi connectivity index (χ4n) is 3.48. The molecule has 2 aliphatic rings. The minimum absolute atomic E-state index is 0. The van der Waals surface area contributed by atoms with Crippen molar-refractivity contribution in [2.24, 2.45) is 5.92 Å². The highest BCUT2D eigenvalue weighted by molar-refractivity contribution is 5.96. The summed E-state index contributed by atoms with van der Waals surface area (Å²) < 4.78 is 1.71. The first-order valence-electron chi connectivity index (χ1n) is 9.19. The second kappa shape index (κ2) is 8.18. The molecule has 7 heteroatoms. The molecule has 0 radical (unpaired) electrons. The van der Waals surface area contributed by atoms with Gasteiger partial charge in [-0.25, -0.2) is 9.67 Å². The molecule has 1 aliphatic carbocycles. The summed E-state index contributed by atoms with van der Waals surface area (Å²) in [7, 11) is 0. The van der Waals surface area contributed by atoms with Crippen LogP contribution in [-0.4, -0.2) is 51.2 Å². The first kappa shape index (κ1) is 18.9. The quantitative estimate of drug-likeness (QED) is 0.872. The van der Waals surface area contributed by atoms with Crippen LogP contribution in [0.3, 0.4) is 0 Å². The van der Waals surface area contributed by atoms with Crippen LogP contribution < -0.4 is 5.32 Å². The van der Waals surface area contributed by atoms with E-state index in [4.69, 9.17) is 0 Å². The van der Waals surface area contributed by atoms with Crippen LogP contribution in [0.25, 0.3) is 5.69 Å². The normalized spacial score (nSPS) is 17.8. The molecule has 1 saturated heterocycles. The van der Waals surface area contributed by atoms with Gasteiger partial charge in [0.25, 0.3) is 5.91 Å². The van der Waals surface area contributed by atoms with Crippen molar-refractivity contribution in [3.63, 3.8) is 0 Å². The molecule has 140 valence electrons. The van der Waals surface area contributed by atoms with E-state index in [-0.39, 0.29) is 18.3 Å². The van der Waals surface area contributed by atoms with E-state index >= 15 is 0 Å². The van der Waals surface area contributed by atoms with Gasteiger partial charge in [-0.3, -0.25) is 4.79 Å². The second-order valence-corrected chi connectivity index (χ2v) is 7.26. The molecular formula is C19H26ClN5O. The Kier molecular flexibility index (Phi) is 5.94. The van der Waals surface area contributed by atoms with Crippen LogP contribution in [0, 0.1) is 12.8 Å². The number of piperidine rings is 1. The Balaban J connectivity index is 0.00000196. The molecule has 0 bridgehead atoms. The first-order chi connectivity index (χ1) is 12.2. The molecule has 0 unspecified atom stereocenters. The van der Waals surface area contributed by atoms with Crippen LogP contribution >= 0.6 is 12.4 Å². The number of amides is 1. The number of nitrogens with zero attached hydrogens (tertiary/aromatic N) is 4. The molecule has 1 aromatic heterocycles. The second-order valence-electron chi connectivity index (χ2n) is 7.26. The minimum Gasteiger partial charge on any atom is -0.339 e. The van der Waals surface area contributed by atoms with Gasteiger partial charge < -0.3 is 10.2 Å². The topological polar surface area (TPSA) is 63.1 Å². The Morgan fingerprint density at radius 1 is 1.23 bits per heavy atom. The highest BCUT2D eigenvalue weighted by Crippen LogP contribution is 2.28. The lowest BCUT2D eigenvalue weighted by Gasteiger charge is -2.33. The van der Waals surface area contributed by atoms with Gasteiger partial charge in [-0.05, 0) is 68.8 Å². The molecule has 1 aliphatic heterocycles. The van der Waals surface area contributed by atoms with Gasteiger partial charge in [0, 0.05) is 24.7 Å². The molecule has 26 heavy (non-hydrogen) atoms. The lowest BCUT2D eigenvalue weighted by Crippen LogP contribution is -2.45. The van der Waals surface area contributed by atoms with E-state index in [2.05, 4.69) is 15.4 Å². The van der Waals surface area contributed by atoms with Gasteiger partial charge in [-0.1, -0.05) is 0 Å². The van der Waals surface area contributed by atoms with Gasteiger partial charge in [0.15, 0.2) is 0 Å². The van der Waals surface area contributed by atoms with E-state index in [0.717, 1.165) is 55.2 Å². The third-order valence-corrected chi connectivity index (χ3v) is 5.30. The molecule has 4 rings (SSSR count). The molecule has 6 nitrogen and oxygen atoms in total. The molecule has 1 amide bonds. The van der Waals surface area contributed by atoms with E-state index in [1.54, 1.807) is 11.0 Å². The summed E-state index contributed by atoms with van der Waals surface area (Å²) in [5.41, 5.74) is 2.69. The summed E-state index contributed by atoms with van der Waals surface area (Å²) in [5, 5.41) is 7.80. The summed E-state index contributed by atoms with van der Waals surface area (Å²) in [6.45, 7) is 4.82. The summed E-state index contributed by atoms with van der Waals surface area (Å²) in [4.78, 5) is 18.8. The SMILES string of the molecule is Cc1cc(-n2cncn2)ccc1C(=O)N1CCC(NCC2CC2)CC1.Cl. The van der Waals surface area contributed by atoms with E-state index in [0.29, 0.717) is 6.04 Å². The van der Waals surface area contributed by atoms with Crippen molar-refractivity contribution in [1.82, 2.24) is 25.0 Å². The maximum atomic E-state index is 12.9. The van der Waals surface area contributed by atoms with Gasteiger partial charge >= 0.3 is 0 Å². The van der Waals surface area contributed by atoms with E-state index in [1.165, 1.54) is 19.2 Å². The lowest BCUT2D eigenvalue weighted by atomic mass is 10.0. The number of aryl methyl sites for hydroxylation is 1. The molecule has 1 saturated carbocycles. The Hall–Kier alpha value is -1.92. The zero-order chi connectivity index (χ0) is 17.2. The Bertz CT molecular complexity index is 736. The third-order valence-electron chi connectivity index (χ3n) is 5.30. The predicted molar refractivity (Wildman–Crippen MR) is 103 cm³/mol. The standard InChI is InChI=1S/C19H25N5O.ClH/c1-14-10-17(24-13-20-12-22-24)4-5-18(14)19(25)23-8-6-16(7-9-23)21-11-15-2-3-15;/h4-5,10,12-13,15-16,21H,2-3,6-9,11H2,1H3;1H. The predicted octanol–water partition coefficient (Wildman–Crippen LogP) is 2.60. The highest BCUT2D eigenvalue weighted by Gasteiger charge is 2.26. The summed E-state index contributed by atoms with van der Waals surface area (Å²) >= 11 is 0. The van der Waals surface area contributed by atoms with E-state index in [9.17, 15) is 4.79 Å². The fraction of sp³-hybridized carbons (Fsp3) is 0.526. The number of carbonyl (C=O) groups excluding carboxylic acids is 1. The summed E-state index contributed by atoms with van der Waals surface area (Å²) in [5.74, 6) is 1.05. The number of likely N-dealkylation sites (tertiary alicyclic amines) is 1. The van der Waals surface area contributed by atoms with Gasteiger partial charge in [-0.15, -0.1) is 12.4 Å². The van der Waals surface area contributed by atoms with Gasteiger partial charge in [0.2, 0.25) is 0 Å². The largest absolute Gasteiger partial charge is 0.339 e. The highest BCUT2D eigenvalue weighted by atomic mass is 35.5. The maximum absolute atomic E-state index is 12.9. The smallest absolute Gasteiger partial charge is 0.254 e. The van der Waals surface area contributed by atoms with Crippen molar-refractivity contribution >= 4 is 18.3 Å². The van der Waals surface area contributed by atoms with Crippen molar-refractivity contribution in [1.29, 1.82) is 0 Å². The zero-order valence-corrected chi connectivity index (χ0v) is 15.9. The zero-order valence-electron chi connectivity index (χ0n) is 15.1. The van der Waals surface area contributed by atoms with Gasteiger partial charge in [0.05, 0.1) is 5.69 Å². The van der Waals surface area contributed by atoms with Crippen molar-refractivity contribution < 1.29 is 4.79 Å². The number of aromatic nitrogens is 3. The molecule has 2 aromatic rings. The Labute approximate surface area is 160 Å². The monoisotopic (exact) mass is 375 g/mol. The third kappa shape index (κ3) is 4.24. The van der Waals surface area contributed by atoms with Gasteiger partial charge in [-0.2, -0.15) is 5.10 Å². The van der Waals surface area contributed by atoms with Crippen molar-refractivity contribution in [3.8, 4) is 5.69 Å². The minimum atomic E-state index is 0. The molecular weight excluding hydrogens is 350 g/mol. The number of halogens is 1. The van der Waals surface area contributed by atoms with Crippen molar-refractivity contribution in [2.75, 3.05) is 19.6 Å². The van der Waals surface area contributed by atoms with E-state index < -0.39 is 0 Å². The fourth-order valence-corrected chi connectivity index (χ4v) is 3.48. The number of carbonyl (C=O) groups is 1.